The van der Waals surface area contributed by atoms with E-state index in [1.54, 1.807) is 0 Å². The molecule has 102 valence electrons. The molecule has 2 aromatic rings. The van der Waals surface area contributed by atoms with E-state index in [0.717, 1.165) is 17.8 Å². The van der Waals surface area contributed by atoms with Crippen molar-refractivity contribution in [3.05, 3.63) is 33.4 Å². The van der Waals surface area contributed by atoms with Gasteiger partial charge in [-0.05, 0) is 38.7 Å². The Labute approximate surface area is 112 Å². The third-order valence-corrected chi connectivity index (χ3v) is 3.16. The van der Waals surface area contributed by atoms with Crippen LogP contribution in [-0.4, -0.2) is 19.5 Å². The lowest BCUT2D eigenvalue weighted by molar-refractivity contribution is 0.439. The molecule has 2 aromatic heterocycles. The van der Waals surface area contributed by atoms with Gasteiger partial charge in [0.25, 0.3) is 5.56 Å². The van der Waals surface area contributed by atoms with Crippen molar-refractivity contribution < 1.29 is 5.11 Å². The average molecular weight is 261 g/mol. The van der Waals surface area contributed by atoms with Crippen LogP contribution in [0.2, 0.25) is 0 Å². The summed E-state index contributed by atoms with van der Waals surface area (Å²) >= 11 is 0. The van der Waals surface area contributed by atoms with E-state index >= 15 is 0 Å². The zero-order valence-electron chi connectivity index (χ0n) is 11.8. The SMILES string of the molecule is Cc1cc(C)n2c(=O)c(CCC(C)C)c(O)nc2n1. The van der Waals surface area contributed by atoms with E-state index in [-0.39, 0.29) is 17.2 Å². The van der Waals surface area contributed by atoms with Crippen molar-refractivity contribution in [2.75, 3.05) is 0 Å². The zero-order chi connectivity index (χ0) is 14.2. The van der Waals surface area contributed by atoms with Gasteiger partial charge in [0, 0.05) is 11.4 Å². The summed E-state index contributed by atoms with van der Waals surface area (Å²) in [5, 5.41) is 9.92. The van der Waals surface area contributed by atoms with Crippen LogP contribution in [-0.2, 0) is 6.42 Å². The lowest BCUT2D eigenvalue weighted by Crippen LogP contribution is -2.23. The van der Waals surface area contributed by atoms with Crippen LogP contribution in [0.4, 0.5) is 0 Å². The highest BCUT2D eigenvalue weighted by atomic mass is 16.3. The lowest BCUT2D eigenvalue weighted by Gasteiger charge is -2.10. The fraction of sp³-hybridized carbons (Fsp3) is 0.500. The van der Waals surface area contributed by atoms with Crippen LogP contribution in [0.3, 0.4) is 0 Å². The normalized spacial score (nSPS) is 11.4. The summed E-state index contributed by atoms with van der Waals surface area (Å²) in [6.07, 6.45) is 1.38. The standard InChI is InChI=1S/C14H19N3O2/c1-8(2)5-6-11-12(18)16-14-15-9(3)7-10(4)17(14)13(11)19/h7-8,18H,5-6H2,1-4H3. The average Bonchev–Trinajstić information content (AvgIpc) is 2.26. The highest BCUT2D eigenvalue weighted by Gasteiger charge is 2.14. The first-order chi connectivity index (χ1) is 8.90. The number of hydrogen-bond donors (Lipinski definition) is 1. The predicted octanol–water partition coefficient (Wildman–Crippen LogP) is 2.00. The summed E-state index contributed by atoms with van der Waals surface area (Å²) in [5.74, 6) is 0.535. The zero-order valence-corrected chi connectivity index (χ0v) is 11.8. The molecule has 2 rings (SSSR count). The molecule has 0 spiro atoms. The van der Waals surface area contributed by atoms with Gasteiger partial charge in [-0.2, -0.15) is 4.98 Å². The molecular formula is C14H19N3O2. The van der Waals surface area contributed by atoms with Crippen LogP contribution in [0.5, 0.6) is 5.88 Å². The third kappa shape index (κ3) is 2.59. The van der Waals surface area contributed by atoms with Gasteiger partial charge in [0.1, 0.15) is 0 Å². The van der Waals surface area contributed by atoms with Gasteiger partial charge in [-0.3, -0.25) is 4.79 Å². The van der Waals surface area contributed by atoms with Gasteiger partial charge < -0.3 is 5.11 Å². The Morgan fingerprint density at radius 2 is 2.00 bits per heavy atom. The fourth-order valence-corrected chi connectivity index (χ4v) is 2.14. The van der Waals surface area contributed by atoms with Gasteiger partial charge in [-0.1, -0.05) is 13.8 Å². The second-order valence-electron chi connectivity index (χ2n) is 5.33. The Morgan fingerprint density at radius 3 is 2.63 bits per heavy atom. The molecule has 2 heterocycles. The number of hydrogen-bond acceptors (Lipinski definition) is 4. The molecule has 0 aliphatic carbocycles. The van der Waals surface area contributed by atoms with Gasteiger partial charge in [0.2, 0.25) is 11.7 Å². The highest BCUT2D eigenvalue weighted by molar-refractivity contribution is 5.38. The van der Waals surface area contributed by atoms with Gasteiger partial charge in [-0.25, -0.2) is 9.38 Å². The molecule has 0 unspecified atom stereocenters. The van der Waals surface area contributed by atoms with Crippen molar-refractivity contribution in [3.63, 3.8) is 0 Å². The minimum absolute atomic E-state index is 0.192. The van der Waals surface area contributed by atoms with Crippen molar-refractivity contribution in [2.24, 2.45) is 5.92 Å². The van der Waals surface area contributed by atoms with Crippen LogP contribution < -0.4 is 5.56 Å². The Kier molecular flexibility index (Phi) is 3.55. The lowest BCUT2D eigenvalue weighted by atomic mass is 10.0. The largest absolute Gasteiger partial charge is 0.493 e. The molecule has 5 nitrogen and oxygen atoms in total. The molecule has 0 atom stereocenters. The minimum atomic E-state index is -0.215. The highest BCUT2D eigenvalue weighted by Crippen LogP contribution is 2.15. The molecule has 0 amide bonds. The molecule has 0 fully saturated rings. The molecular weight excluding hydrogens is 242 g/mol. The van der Waals surface area contributed by atoms with Crippen LogP contribution in [0.1, 0.15) is 37.2 Å². The molecule has 0 aliphatic rings. The molecule has 0 saturated heterocycles. The molecule has 5 heteroatoms. The number of aromatic hydroxyl groups is 1. The topological polar surface area (TPSA) is 67.5 Å². The summed E-state index contributed by atoms with van der Waals surface area (Å²) in [4.78, 5) is 20.6. The van der Waals surface area contributed by atoms with Gasteiger partial charge in [0.15, 0.2) is 0 Å². The second kappa shape index (κ2) is 4.99. The van der Waals surface area contributed by atoms with Crippen LogP contribution >= 0.6 is 0 Å². The number of aromatic nitrogens is 3. The monoisotopic (exact) mass is 261 g/mol. The number of rotatable bonds is 3. The fourth-order valence-electron chi connectivity index (χ4n) is 2.14. The van der Waals surface area contributed by atoms with E-state index in [4.69, 9.17) is 0 Å². The molecule has 0 bridgehead atoms. The van der Waals surface area contributed by atoms with Crippen molar-refractivity contribution in [1.29, 1.82) is 0 Å². The first kappa shape index (κ1) is 13.5. The molecule has 1 N–H and O–H groups in total. The number of aryl methyl sites for hydroxylation is 2. The van der Waals surface area contributed by atoms with Gasteiger partial charge >= 0.3 is 0 Å². The van der Waals surface area contributed by atoms with Crippen LogP contribution in [0.25, 0.3) is 5.78 Å². The number of fused-ring (bicyclic) bond motifs is 1. The summed E-state index contributed by atoms with van der Waals surface area (Å²) < 4.78 is 1.46. The summed E-state index contributed by atoms with van der Waals surface area (Å²) in [6, 6.07) is 1.83. The van der Waals surface area contributed by atoms with E-state index < -0.39 is 0 Å². The van der Waals surface area contributed by atoms with E-state index in [9.17, 15) is 9.90 Å². The Hall–Kier alpha value is -1.91. The first-order valence-corrected chi connectivity index (χ1v) is 6.49. The van der Waals surface area contributed by atoms with Crippen molar-refractivity contribution in [3.8, 4) is 5.88 Å². The quantitative estimate of drug-likeness (QED) is 0.917. The van der Waals surface area contributed by atoms with Crippen LogP contribution in [0, 0.1) is 19.8 Å². The van der Waals surface area contributed by atoms with E-state index in [2.05, 4.69) is 23.8 Å². The smallest absolute Gasteiger partial charge is 0.266 e. The third-order valence-electron chi connectivity index (χ3n) is 3.16. The maximum atomic E-state index is 12.4. The van der Waals surface area contributed by atoms with Gasteiger partial charge in [0.05, 0.1) is 5.56 Å². The molecule has 19 heavy (non-hydrogen) atoms. The van der Waals surface area contributed by atoms with Crippen molar-refractivity contribution >= 4 is 5.78 Å². The molecule has 0 aliphatic heterocycles. The van der Waals surface area contributed by atoms with E-state index in [0.29, 0.717) is 17.9 Å². The Bertz CT molecular complexity index is 674. The van der Waals surface area contributed by atoms with Crippen molar-refractivity contribution in [2.45, 2.75) is 40.5 Å². The summed E-state index contributed by atoms with van der Waals surface area (Å²) in [6.45, 7) is 7.84. The molecule has 0 saturated carbocycles. The predicted molar refractivity (Wildman–Crippen MR) is 73.6 cm³/mol. The van der Waals surface area contributed by atoms with E-state index in [1.165, 1.54) is 4.40 Å². The van der Waals surface area contributed by atoms with Crippen LogP contribution in [0.15, 0.2) is 10.9 Å². The first-order valence-electron chi connectivity index (χ1n) is 6.49. The maximum absolute atomic E-state index is 12.4. The van der Waals surface area contributed by atoms with Gasteiger partial charge in [-0.15, -0.1) is 0 Å². The molecule has 0 aromatic carbocycles. The summed E-state index contributed by atoms with van der Waals surface area (Å²) in [7, 11) is 0. The summed E-state index contributed by atoms with van der Waals surface area (Å²) in [5.41, 5.74) is 1.72. The Morgan fingerprint density at radius 1 is 1.32 bits per heavy atom. The Balaban J connectivity index is 2.64. The molecule has 0 radical (unpaired) electrons. The minimum Gasteiger partial charge on any atom is -0.493 e. The van der Waals surface area contributed by atoms with Crippen molar-refractivity contribution in [1.82, 2.24) is 14.4 Å². The maximum Gasteiger partial charge on any atom is 0.266 e. The number of nitrogens with zero attached hydrogens (tertiary/aromatic N) is 3. The van der Waals surface area contributed by atoms with E-state index in [1.807, 2.05) is 19.9 Å². The second-order valence-corrected chi connectivity index (χ2v) is 5.33.